The van der Waals surface area contributed by atoms with E-state index in [0.717, 1.165) is 25.7 Å². The normalized spacial score (nSPS) is 35.1. The lowest BCUT2D eigenvalue weighted by Gasteiger charge is -2.56. The van der Waals surface area contributed by atoms with Crippen LogP contribution in [0.5, 0.6) is 5.75 Å². The minimum atomic E-state index is -0.506. The van der Waals surface area contributed by atoms with Gasteiger partial charge in [-0.3, -0.25) is 4.79 Å². The van der Waals surface area contributed by atoms with Crippen LogP contribution in [0.4, 0.5) is 0 Å². The van der Waals surface area contributed by atoms with Gasteiger partial charge in [0.05, 0.1) is 11.7 Å². The molecule has 28 heavy (non-hydrogen) atoms. The Morgan fingerprint density at radius 2 is 1.82 bits per heavy atom. The zero-order chi connectivity index (χ0) is 19.5. The molecule has 2 aromatic rings. The molecule has 0 aromatic heterocycles. The molecule has 1 N–H and O–H groups in total. The zero-order valence-electron chi connectivity index (χ0n) is 16.4. The number of carbonyl (C=O) groups is 1. The average molecular weight is 374 g/mol. The molecule has 0 bridgehead atoms. The molecule has 1 saturated carbocycles. The van der Waals surface area contributed by atoms with Crippen molar-refractivity contribution in [2.75, 3.05) is 0 Å². The first-order valence-electron chi connectivity index (χ1n) is 10.2. The number of aliphatic hydroxyl groups excluding tert-OH is 1. The van der Waals surface area contributed by atoms with Crippen LogP contribution in [-0.2, 0) is 11.8 Å². The minimum Gasteiger partial charge on any atom is -0.453 e. The predicted molar refractivity (Wildman–Crippen MR) is 108 cm³/mol. The largest absolute Gasteiger partial charge is 0.453 e. The lowest BCUT2D eigenvalue weighted by Crippen LogP contribution is -2.54. The van der Waals surface area contributed by atoms with E-state index in [2.05, 4.69) is 38.1 Å². The van der Waals surface area contributed by atoms with Gasteiger partial charge in [0.1, 0.15) is 5.75 Å². The van der Waals surface area contributed by atoms with Crippen molar-refractivity contribution >= 4 is 5.78 Å². The molecule has 144 valence electrons. The van der Waals surface area contributed by atoms with E-state index in [-0.39, 0.29) is 17.1 Å². The number of para-hydroxylation sites is 1. The van der Waals surface area contributed by atoms with Gasteiger partial charge in [0.25, 0.3) is 0 Å². The van der Waals surface area contributed by atoms with Gasteiger partial charge < -0.3 is 9.84 Å². The van der Waals surface area contributed by atoms with Gasteiger partial charge in [-0.05, 0) is 66.4 Å². The Morgan fingerprint density at radius 3 is 2.64 bits per heavy atom. The molecular formula is C25H26O3. The SMILES string of the molecule is C[C@]1(/C=C2\Oc3ccccc3C2=O)C(O)CC[C@]2(C)c3ccccc3CC[C@@H]12. The first kappa shape index (κ1) is 17.7. The first-order valence-corrected chi connectivity index (χ1v) is 10.2. The highest BCUT2D eigenvalue weighted by Crippen LogP contribution is 2.58. The molecule has 1 fully saturated rings. The van der Waals surface area contributed by atoms with Crippen LogP contribution in [0.2, 0.25) is 0 Å². The summed E-state index contributed by atoms with van der Waals surface area (Å²) in [5, 5.41) is 11.1. The van der Waals surface area contributed by atoms with Crippen molar-refractivity contribution in [1.82, 2.24) is 0 Å². The fourth-order valence-corrected chi connectivity index (χ4v) is 6.00. The number of rotatable bonds is 1. The number of hydrogen-bond donors (Lipinski definition) is 1. The Morgan fingerprint density at radius 1 is 1.07 bits per heavy atom. The van der Waals surface area contributed by atoms with E-state index in [1.165, 1.54) is 11.1 Å². The number of hydrogen-bond acceptors (Lipinski definition) is 3. The quantitative estimate of drug-likeness (QED) is 0.728. The van der Waals surface area contributed by atoms with Crippen LogP contribution < -0.4 is 4.74 Å². The summed E-state index contributed by atoms with van der Waals surface area (Å²) in [5.74, 6) is 1.16. The summed E-state index contributed by atoms with van der Waals surface area (Å²) >= 11 is 0. The number of carbonyl (C=O) groups excluding carboxylic acids is 1. The molecule has 2 aliphatic carbocycles. The maximum absolute atomic E-state index is 12.9. The standard InChI is InChI=1S/C25H26O3/c1-24-14-13-22(26)25(2,21(24)12-11-16-7-3-5-9-18(16)24)15-20-23(27)17-8-4-6-10-19(17)28-20/h3-10,15,21-22,26H,11-14H2,1-2H3/b20-15-/t21-,22?,24-,25-/m1/s1. The predicted octanol–water partition coefficient (Wildman–Crippen LogP) is 4.83. The van der Waals surface area contributed by atoms with Crippen LogP contribution in [0.25, 0.3) is 0 Å². The minimum absolute atomic E-state index is 0.00557. The van der Waals surface area contributed by atoms with E-state index in [4.69, 9.17) is 4.74 Å². The highest BCUT2D eigenvalue weighted by Gasteiger charge is 2.55. The number of ketones is 1. The van der Waals surface area contributed by atoms with E-state index in [1.54, 1.807) is 6.07 Å². The molecule has 0 saturated heterocycles. The number of aryl methyl sites for hydroxylation is 1. The van der Waals surface area contributed by atoms with Gasteiger partial charge in [-0.1, -0.05) is 50.2 Å². The third-order valence-corrected chi connectivity index (χ3v) is 7.53. The zero-order valence-corrected chi connectivity index (χ0v) is 16.4. The molecule has 1 aliphatic heterocycles. The van der Waals surface area contributed by atoms with Crippen LogP contribution in [0.3, 0.4) is 0 Å². The molecule has 3 heteroatoms. The Kier molecular flexibility index (Phi) is 3.82. The smallest absolute Gasteiger partial charge is 0.231 e. The third-order valence-electron chi connectivity index (χ3n) is 7.53. The van der Waals surface area contributed by atoms with E-state index in [0.29, 0.717) is 17.1 Å². The second-order valence-corrected chi connectivity index (χ2v) is 9.02. The van der Waals surface area contributed by atoms with Crippen LogP contribution >= 0.6 is 0 Å². The van der Waals surface area contributed by atoms with Crippen molar-refractivity contribution in [3.8, 4) is 5.75 Å². The van der Waals surface area contributed by atoms with Crippen molar-refractivity contribution in [2.24, 2.45) is 11.3 Å². The lowest BCUT2D eigenvalue weighted by atomic mass is 9.49. The molecular weight excluding hydrogens is 348 g/mol. The summed E-state index contributed by atoms with van der Waals surface area (Å²) in [6.07, 6.45) is 5.16. The lowest BCUT2D eigenvalue weighted by molar-refractivity contribution is -0.0558. The highest BCUT2D eigenvalue weighted by atomic mass is 16.5. The Balaban J connectivity index is 1.59. The number of benzene rings is 2. The number of aliphatic hydroxyl groups is 1. The Labute approximate surface area is 166 Å². The number of Topliss-reactive ketones (excluding diaryl/α,β-unsaturated/α-hetero) is 1. The van der Waals surface area contributed by atoms with Crippen molar-refractivity contribution < 1.29 is 14.6 Å². The van der Waals surface area contributed by atoms with Gasteiger partial charge >= 0.3 is 0 Å². The molecule has 4 atom stereocenters. The molecule has 2 aromatic carbocycles. The maximum atomic E-state index is 12.9. The molecule has 1 unspecified atom stereocenters. The molecule has 5 rings (SSSR count). The molecule has 3 nitrogen and oxygen atoms in total. The fourth-order valence-electron chi connectivity index (χ4n) is 6.00. The van der Waals surface area contributed by atoms with Gasteiger partial charge in [-0.2, -0.15) is 0 Å². The number of allylic oxidation sites excluding steroid dienone is 1. The summed E-state index contributed by atoms with van der Waals surface area (Å²) < 4.78 is 5.92. The van der Waals surface area contributed by atoms with Gasteiger partial charge in [0, 0.05) is 5.41 Å². The van der Waals surface area contributed by atoms with Crippen LogP contribution in [-0.4, -0.2) is 17.0 Å². The van der Waals surface area contributed by atoms with E-state index in [1.807, 2.05) is 24.3 Å². The second kappa shape index (κ2) is 6.05. The van der Waals surface area contributed by atoms with Gasteiger partial charge in [-0.15, -0.1) is 0 Å². The summed E-state index contributed by atoms with van der Waals surface area (Å²) in [5.41, 5.74) is 2.93. The van der Waals surface area contributed by atoms with Crippen molar-refractivity contribution in [3.05, 3.63) is 77.1 Å². The molecule has 0 amide bonds. The topological polar surface area (TPSA) is 46.5 Å². The summed E-state index contributed by atoms with van der Waals surface area (Å²) in [7, 11) is 0. The molecule has 0 radical (unpaired) electrons. The first-order chi connectivity index (χ1) is 13.4. The molecule has 3 aliphatic rings. The van der Waals surface area contributed by atoms with Gasteiger partial charge in [-0.25, -0.2) is 0 Å². The van der Waals surface area contributed by atoms with Crippen molar-refractivity contribution in [1.29, 1.82) is 0 Å². The molecule has 0 spiro atoms. The highest BCUT2D eigenvalue weighted by molar-refractivity contribution is 6.12. The van der Waals surface area contributed by atoms with E-state index in [9.17, 15) is 9.90 Å². The number of fused-ring (bicyclic) bond motifs is 4. The van der Waals surface area contributed by atoms with Gasteiger partial charge in [0.15, 0.2) is 5.76 Å². The maximum Gasteiger partial charge on any atom is 0.231 e. The fraction of sp³-hybridized carbons (Fsp3) is 0.400. The van der Waals surface area contributed by atoms with Crippen LogP contribution in [0.1, 0.15) is 54.6 Å². The third kappa shape index (κ3) is 2.35. The van der Waals surface area contributed by atoms with Crippen molar-refractivity contribution in [2.45, 2.75) is 51.0 Å². The Bertz CT molecular complexity index is 991. The monoisotopic (exact) mass is 374 g/mol. The average Bonchev–Trinajstić information content (AvgIpc) is 3.01. The second-order valence-electron chi connectivity index (χ2n) is 9.02. The summed E-state index contributed by atoms with van der Waals surface area (Å²) in [6, 6.07) is 16.1. The van der Waals surface area contributed by atoms with E-state index >= 15 is 0 Å². The van der Waals surface area contributed by atoms with Crippen molar-refractivity contribution in [3.63, 3.8) is 0 Å². The van der Waals surface area contributed by atoms with Crippen LogP contribution in [0, 0.1) is 11.3 Å². The summed E-state index contributed by atoms with van der Waals surface area (Å²) in [4.78, 5) is 12.9. The van der Waals surface area contributed by atoms with Crippen LogP contribution in [0.15, 0.2) is 60.4 Å². The number of ether oxygens (including phenoxy) is 1. The Hall–Kier alpha value is -2.39. The van der Waals surface area contributed by atoms with Gasteiger partial charge in [0.2, 0.25) is 5.78 Å². The van der Waals surface area contributed by atoms with E-state index < -0.39 is 11.5 Å². The molecule has 1 heterocycles. The summed E-state index contributed by atoms with van der Waals surface area (Å²) in [6.45, 7) is 4.45.